The third-order valence-electron chi connectivity index (χ3n) is 2.35. The van der Waals surface area contributed by atoms with E-state index in [2.05, 4.69) is 15.7 Å². The molecule has 94 valence electrons. The summed E-state index contributed by atoms with van der Waals surface area (Å²) in [6.07, 6.45) is 0. The number of hydrazine groups is 1. The number of halogens is 2. The van der Waals surface area contributed by atoms with Gasteiger partial charge in [-0.3, -0.25) is 0 Å². The summed E-state index contributed by atoms with van der Waals surface area (Å²) in [6, 6.07) is 9.97. The average Bonchev–Trinajstić information content (AvgIpc) is 2.40. The summed E-state index contributed by atoms with van der Waals surface area (Å²) in [5, 5.41) is 3.21. The molecule has 0 spiro atoms. The van der Waals surface area contributed by atoms with Crippen LogP contribution in [-0.4, -0.2) is 4.98 Å². The fourth-order valence-electron chi connectivity index (χ4n) is 1.46. The van der Waals surface area contributed by atoms with Crippen molar-refractivity contribution < 1.29 is 4.39 Å². The van der Waals surface area contributed by atoms with Gasteiger partial charge in [-0.25, -0.2) is 15.2 Å². The van der Waals surface area contributed by atoms with Crippen molar-refractivity contribution in [3.63, 3.8) is 0 Å². The van der Waals surface area contributed by atoms with Gasteiger partial charge in [-0.05, 0) is 29.8 Å². The molecule has 0 fully saturated rings. The van der Waals surface area contributed by atoms with Crippen LogP contribution in [0.4, 0.5) is 16.0 Å². The second-order valence-corrected chi connectivity index (χ2v) is 4.06. The van der Waals surface area contributed by atoms with Gasteiger partial charge >= 0.3 is 0 Å². The van der Waals surface area contributed by atoms with Crippen LogP contribution in [0, 0.1) is 5.82 Å². The molecule has 4 nitrogen and oxygen atoms in total. The van der Waals surface area contributed by atoms with Crippen molar-refractivity contribution in [2.75, 3.05) is 10.7 Å². The molecule has 0 aliphatic carbocycles. The lowest BCUT2D eigenvalue weighted by atomic mass is 10.2. The zero-order valence-electron chi connectivity index (χ0n) is 9.45. The van der Waals surface area contributed by atoms with Crippen LogP contribution >= 0.6 is 11.6 Å². The monoisotopic (exact) mass is 266 g/mol. The van der Waals surface area contributed by atoms with Crippen LogP contribution in [0.3, 0.4) is 0 Å². The van der Waals surface area contributed by atoms with Crippen molar-refractivity contribution in [3.8, 4) is 0 Å². The van der Waals surface area contributed by atoms with Crippen LogP contribution < -0.4 is 16.6 Å². The Kier molecular flexibility index (Phi) is 3.96. The quantitative estimate of drug-likeness (QED) is 0.588. The van der Waals surface area contributed by atoms with E-state index in [1.165, 1.54) is 6.07 Å². The van der Waals surface area contributed by atoms with E-state index in [1.807, 2.05) is 12.1 Å². The zero-order valence-corrected chi connectivity index (χ0v) is 10.2. The third kappa shape index (κ3) is 3.09. The fourth-order valence-corrected chi connectivity index (χ4v) is 1.66. The maximum atomic E-state index is 13.0. The van der Waals surface area contributed by atoms with E-state index in [0.29, 0.717) is 18.2 Å². The van der Waals surface area contributed by atoms with Crippen LogP contribution in [0.15, 0.2) is 36.4 Å². The normalized spacial score (nSPS) is 10.2. The second-order valence-electron chi connectivity index (χ2n) is 3.65. The van der Waals surface area contributed by atoms with E-state index in [1.54, 1.807) is 18.2 Å². The number of pyridine rings is 1. The Hall–Kier alpha value is -1.85. The van der Waals surface area contributed by atoms with Crippen molar-refractivity contribution >= 4 is 23.2 Å². The SMILES string of the molecule is NNc1cccc(NCc2ccc(F)c(Cl)c2)n1. The van der Waals surface area contributed by atoms with Crippen LogP contribution in [0.5, 0.6) is 0 Å². The summed E-state index contributed by atoms with van der Waals surface area (Å²) in [5.41, 5.74) is 3.33. The van der Waals surface area contributed by atoms with Gasteiger partial charge in [0, 0.05) is 6.54 Å². The van der Waals surface area contributed by atoms with Crippen LogP contribution in [0.1, 0.15) is 5.56 Å². The van der Waals surface area contributed by atoms with Gasteiger partial charge in [0.2, 0.25) is 0 Å². The Morgan fingerprint density at radius 3 is 2.72 bits per heavy atom. The number of nitrogens with zero attached hydrogens (tertiary/aromatic N) is 1. The molecule has 4 N–H and O–H groups in total. The maximum Gasteiger partial charge on any atom is 0.142 e. The molecule has 1 heterocycles. The summed E-state index contributed by atoms with van der Waals surface area (Å²) in [6.45, 7) is 0.501. The van der Waals surface area contributed by atoms with Crippen molar-refractivity contribution in [2.24, 2.45) is 5.84 Å². The zero-order chi connectivity index (χ0) is 13.0. The standard InChI is InChI=1S/C12H12ClFN4/c13-9-6-8(4-5-10(9)14)7-16-11-2-1-3-12(17-11)18-15/h1-6H,7,15H2,(H2,16,17,18). The molecule has 1 aromatic heterocycles. The number of nitrogens with two attached hydrogens (primary N) is 1. The number of nitrogen functional groups attached to an aromatic ring is 1. The Balaban J connectivity index is 2.04. The molecule has 0 radical (unpaired) electrons. The van der Waals surface area contributed by atoms with E-state index in [-0.39, 0.29) is 5.02 Å². The topological polar surface area (TPSA) is 63.0 Å². The highest BCUT2D eigenvalue weighted by atomic mass is 35.5. The molecule has 2 aromatic rings. The van der Waals surface area contributed by atoms with Crippen LogP contribution in [0.2, 0.25) is 5.02 Å². The van der Waals surface area contributed by atoms with Gasteiger partial charge < -0.3 is 10.7 Å². The van der Waals surface area contributed by atoms with Gasteiger partial charge in [0.15, 0.2) is 0 Å². The van der Waals surface area contributed by atoms with Gasteiger partial charge in [0.1, 0.15) is 17.5 Å². The highest BCUT2D eigenvalue weighted by Gasteiger charge is 2.01. The van der Waals surface area contributed by atoms with Gasteiger partial charge in [-0.15, -0.1) is 0 Å². The van der Waals surface area contributed by atoms with Crippen molar-refractivity contribution in [1.29, 1.82) is 0 Å². The smallest absolute Gasteiger partial charge is 0.142 e. The number of nitrogens with one attached hydrogen (secondary N) is 2. The molecule has 0 saturated carbocycles. The van der Waals surface area contributed by atoms with Crippen LogP contribution in [0.25, 0.3) is 0 Å². The first-order valence-corrected chi connectivity index (χ1v) is 5.68. The van der Waals surface area contributed by atoms with E-state index in [4.69, 9.17) is 17.4 Å². The largest absolute Gasteiger partial charge is 0.366 e. The van der Waals surface area contributed by atoms with E-state index in [0.717, 1.165) is 5.56 Å². The lowest BCUT2D eigenvalue weighted by Gasteiger charge is -2.07. The molecule has 0 bridgehead atoms. The average molecular weight is 267 g/mol. The molecule has 1 aromatic carbocycles. The van der Waals surface area contributed by atoms with Gasteiger partial charge in [-0.2, -0.15) is 0 Å². The van der Waals surface area contributed by atoms with Crippen molar-refractivity contribution in [3.05, 3.63) is 52.8 Å². The van der Waals surface area contributed by atoms with Crippen molar-refractivity contribution in [2.45, 2.75) is 6.54 Å². The molecule has 0 unspecified atom stereocenters. The number of hydrogen-bond donors (Lipinski definition) is 3. The second kappa shape index (κ2) is 5.66. The fraction of sp³-hybridized carbons (Fsp3) is 0.0833. The Morgan fingerprint density at radius 1 is 1.22 bits per heavy atom. The van der Waals surface area contributed by atoms with Crippen LogP contribution in [-0.2, 0) is 6.54 Å². The third-order valence-corrected chi connectivity index (χ3v) is 2.64. The first kappa shape index (κ1) is 12.6. The molecule has 0 amide bonds. The van der Waals surface area contributed by atoms with E-state index >= 15 is 0 Å². The highest BCUT2D eigenvalue weighted by Crippen LogP contribution is 2.17. The minimum absolute atomic E-state index is 0.111. The van der Waals surface area contributed by atoms with E-state index < -0.39 is 5.82 Å². The Labute approximate surface area is 109 Å². The predicted molar refractivity (Wildman–Crippen MR) is 70.8 cm³/mol. The number of rotatable bonds is 4. The molecule has 0 aliphatic heterocycles. The first-order valence-electron chi connectivity index (χ1n) is 5.30. The molecular weight excluding hydrogens is 255 g/mol. The molecule has 6 heteroatoms. The highest BCUT2D eigenvalue weighted by molar-refractivity contribution is 6.30. The summed E-state index contributed by atoms with van der Waals surface area (Å²) in [7, 11) is 0. The van der Waals surface area contributed by atoms with Gasteiger partial charge in [0.05, 0.1) is 5.02 Å². The lowest BCUT2D eigenvalue weighted by molar-refractivity contribution is 0.627. The molecular formula is C12H12ClFN4. The predicted octanol–water partition coefficient (Wildman–Crippen LogP) is 2.77. The minimum atomic E-state index is -0.423. The lowest BCUT2D eigenvalue weighted by Crippen LogP contribution is -2.09. The summed E-state index contributed by atoms with van der Waals surface area (Å²) in [5.74, 6) is 6.08. The first-order chi connectivity index (χ1) is 8.69. The van der Waals surface area contributed by atoms with Gasteiger partial charge in [-0.1, -0.05) is 23.7 Å². The van der Waals surface area contributed by atoms with Gasteiger partial charge in [0.25, 0.3) is 0 Å². The molecule has 0 saturated heterocycles. The summed E-state index contributed by atoms with van der Waals surface area (Å²) >= 11 is 5.70. The number of aromatic nitrogens is 1. The maximum absolute atomic E-state index is 13.0. The molecule has 0 aliphatic rings. The van der Waals surface area contributed by atoms with Crippen molar-refractivity contribution in [1.82, 2.24) is 4.98 Å². The summed E-state index contributed by atoms with van der Waals surface area (Å²) in [4.78, 5) is 4.19. The number of benzene rings is 1. The Bertz CT molecular complexity index is 547. The number of anilines is 2. The van der Waals surface area contributed by atoms with E-state index in [9.17, 15) is 4.39 Å². The number of hydrogen-bond acceptors (Lipinski definition) is 4. The summed E-state index contributed by atoms with van der Waals surface area (Å²) < 4.78 is 13.0. The molecule has 18 heavy (non-hydrogen) atoms. The minimum Gasteiger partial charge on any atom is -0.366 e. The molecule has 2 rings (SSSR count). The Morgan fingerprint density at radius 2 is 2.00 bits per heavy atom. The molecule has 0 atom stereocenters.